The lowest BCUT2D eigenvalue weighted by atomic mass is 10.4. The van der Waals surface area contributed by atoms with Crippen LogP contribution in [0.4, 0.5) is 5.69 Å². The number of methoxy groups -OCH3 is 1. The van der Waals surface area contributed by atoms with E-state index in [4.69, 9.17) is 26.3 Å². The van der Waals surface area contributed by atoms with Crippen LogP contribution in [0, 0.1) is 4.91 Å². The number of ether oxygens (including phenoxy) is 2. The Labute approximate surface area is 90.9 Å². The van der Waals surface area contributed by atoms with Gasteiger partial charge in [0.25, 0.3) is 10.8 Å². The molecule has 0 amide bonds. The summed E-state index contributed by atoms with van der Waals surface area (Å²) >= 11 is 5.60. The second kappa shape index (κ2) is 5.47. The van der Waals surface area contributed by atoms with Crippen molar-refractivity contribution >= 4 is 17.3 Å². The van der Waals surface area contributed by atoms with Crippen LogP contribution in [-0.4, -0.2) is 35.4 Å². The largest absolute Gasteiger partial charge is 0.470 e. The van der Waals surface area contributed by atoms with Gasteiger partial charge in [-0.3, -0.25) is 0 Å². The van der Waals surface area contributed by atoms with Crippen molar-refractivity contribution in [3.63, 3.8) is 0 Å². The summed E-state index contributed by atoms with van der Waals surface area (Å²) < 4.78 is 9.85. The van der Waals surface area contributed by atoms with Gasteiger partial charge in [0.2, 0.25) is 0 Å². The Bertz CT molecular complexity index is 358. The van der Waals surface area contributed by atoms with Crippen molar-refractivity contribution in [3.8, 4) is 5.88 Å². The Hall–Kier alpha value is -1.40. The van der Waals surface area contributed by atoms with Crippen molar-refractivity contribution in [2.75, 3.05) is 20.3 Å². The molecule has 0 saturated heterocycles. The average molecular weight is 234 g/mol. The van der Waals surface area contributed by atoms with Crippen LogP contribution in [0.15, 0.2) is 12.3 Å². The maximum Gasteiger partial charge on any atom is 0.379 e. The normalized spacial score (nSPS) is 10.0. The van der Waals surface area contributed by atoms with Gasteiger partial charge in [0.15, 0.2) is 0 Å². The fourth-order valence-electron chi connectivity index (χ4n) is 0.886. The second-order valence-corrected chi connectivity index (χ2v) is 3.03. The van der Waals surface area contributed by atoms with E-state index >= 15 is 0 Å². The minimum atomic E-state index is -0.346. The summed E-state index contributed by atoms with van der Waals surface area (Å²) in [6, 6.07) is 1.25. The maximum absolute atomic E-state index is 10.7. The minimum Gasteiger partial charge on any atom is -0.470 e. The SMILES string of the molecule is COCCOc1ncc(Cl)cc1[N+](=O)O. The molecule has 1 aromatic heterocycles. The number of hydrogen-bond donors (Lipinski definition) is 1. The van der Waals surface area contributed by atoms with Crippen LogP contribution in [-0.2, 0) is 4.74 Å². The molecule has 0 atom stereocenters. The van der Waals surface area contributed by atoms with Gasteiger partial charge < -0.3 is 9.47 Å². The van der Waals surface area contributed by atoms with E-state index in [1.54, 1.807) is 0 Å². The third-order valence-electron chi connectivity index (χ3n) is 1.53. The summed E-state index contributed by atoms with van der Waals surface area (Å²) in [6.07, 6.45) is 1.32. The molecular formula is C8H10ClN2O4+. The van der Waals surface area contributed by atoms with E-state index in [-0.39, 0.29) is 28.1 Å². The van der Waals surface area contributed by atoms with E-state index in [9.17, 15) is 4.91 Å². The van der Waals surface area contributed by atoms with E-state index < -0.39 is 0 Å². The summed E-state index contributed by atoms with van der Waals surface area (Å²) in [5, 5.41) is 8.99. The van der Waals surface area contributed by atoms with Crippen molar-refractivity contribution in [3.05, 3.63) is 22.2 Å². The molecule has 0 aromatic carbocycles. The lowest BCUT2D eigenvalue weighted by molar-refractivity contribution is -0.730. The van der Waals surface area contributed by atoms with Crippen LogP contribution >= 0.6 is 11.6 Å². The van der Waals surface area contributed by atoms with Crippen LogP contribution < -0.4 is 4.74 Å². The number of hydrogen-bond acceptors (Lipinski definition) is 4. The second-order valence-electron chi connectivity index (χ2n) is 2.59. The first-order valence-electron chi connectivity index (χ1n) is 4.08. The van der Waals surface area contributed by atoms with Gasteiger partial charge in [-0.1, -0.05) is 11.6 Å². The van der Waals surface area contributed by atoms with E-state index in [2.05, 4.69) is 4.98 Å². The van der Waals surface area contributed by atoms with Gasteiger partial charge in [-0.25, -0.2) is 10.2 Å². The smallest absolute Gasteiger partial charge is 0.379 e. The van der Waals surface area contributed by atoms with E-state index in [0.29, 0.717) is 6.61 Å². The van der Waals surface area contributed by atoms with Crippen LogP contribution in [0.3, 0.4) is 0 Å². The highest BCUT2D eigenvalue weighted by Crippen LogP contribution is 2.26. The first kappa shape index (κ1) is 11.7. The van der Waals surface area contributed by atoms with E-state index in [0.717, 1.165) is 0 Å². The lowest BCUT2D eigenvalue weighted by Gasteiger charge is -2.02. The molecule has 0 radical (unpaired) electrons. The zero-order valence-electron chi connectivity index (χ0n) is 8.01. The molecule has 0 unspecified atom stereocenters. The molecule has 0 aliphatic heterocycles. The number of halogens is 1. The summed E-state index contributed by atoms with van der Waals surface area (Å²) in [7, 11) is 1.52. The minimum absolute atomic E-state index is 0.00829. The summed E-state index contributed by atoms with van der Waals surface area (Å²) in [4.78, 5) is 14.1. The molecule has 6 nitrogen and oxygen atoms in total. The van der Waals surface area contributed by atoms with Crippen molar-refractivity contribution in [2.45, 2.75) is 0 Å². The first-order chi connectivity index (χ1) is 7.15. The fraction of sp³-hybridized carbons (Fsp3) is 0.375. The summed E-state index contributed by atoms with van der Waals surface area (Å²) in [5.74, 6) is 0.00829. The third-order valence-corrected chi connectivity index (χ3v) is 1.74. The Kier molecular flexibility index (Phi) is 4.26. The van der Waals surface area contributed by atoms with E-state index in [1.165, 1.54) is 19.4 Å². The predicted octanol–water partition coefficient (Wildman–Crippen LogP) is 1.56. The van der Waals surface area contributed by atoms with Crippen LogP contribution in [0.2, 0.25) is 5.02 Å². The lowest BCUT2D eigenvalue weighted by Crippen LogP contribution is -2.07. The highest BCUT2D eigenvalue weighted by molar-refractivity contribution is 6.30. The van der Waals surface area contributed by atoms with Crippen LogP contribution in [0.25, 0.3) is 0 Å². The number of rotatable bonds is 5. The molecule has 0 fully saturated rings. The molecule has 1 aromatic rings. The monoisotopic (exact) mass is 233 g/mol. The molecular weight excluding hydrogens is 224 g/mol. The molecule has 0 bridgehead atoms. The van der Waals surface area contributed by atoms with Crippen molar-refractivity contribution < 1.29 is 19.6 Å². The topological polar surface area (TPSA) is 71.7 Å². The van der Waals surface area contributed by atoms with Crippen molar-refractivity contribution in [1.29, 1.82) is 0 Å². The van der Waals surface area contributed by atoms with Crippen LogP contribution in [0.1, 0.15) is 0 Å². The van der Waals surface area contributed by atoms with Crippen molar-refractivity contribution in [1.82, 2.24) is 4.98 Å². The first-order valence-corrected chi connectivity index (χ1v) is 4.46. The number of nitrogens with zero attached hydrogens (tertiary/aromatic N) is 2. The standard InChI is InChI=1S/C8H10ClN2O4/c1-14-2-3-15-8-7(11(12)13)4-6(9)5-10-8/h4-5H,2-3H2,1H3,(H,12,13)/q+1. The van der Waals surface area contributed by atoms with Gasteiger partial charge in [-0.15, -0.1) is 0 Å². The predicted molar refractivity (Wildman–Crippen MR) is 51.7 cm³/mol. The zero-order chi connectivity index (χ0) is 11.3. The third kappa shape index (κ3) is 3.34. The maximum atomic E-state index is 10.7. The molecule has 1 heterocycles. The molecule has 0 aliphatic carbocycles. The molecule has 15 heavy (non-hydrogen) atoms. The highest BCUT2D eigenvalue weighted by Gasteiger charge is 2.22. The quantitative estimate of drug-likeness (QED) is 0.617. The Morgan fingerprint density at radius 2 is 2.33 bits per heavy atom. The number of aromatic nitrogens is 1. The molecule has 0 saturated carbocycles. The molecule has 0 spiro atoms. The van der Waals surface area contributed by atoms with Crippen molar-refractivity contribution in [2.24, 2.45) is 0 Å². The van der Waals surface area contributed by atoms with Gasteiger partial charge in [-0.2, -0.15) is 0 Å². The molecule has 82 valence electrons. The Morgan fingerprint density at radius 3 is 2.93 bits per heavy atom. The van der Waals surface area contributed by atoms with Gasteiger partial charge in [0.05, 0.1) is 22.7 Å². The molecule has 7 heteroatoms. The number of pyridine rings is 1. The summed E-state index contributed by atoms with van der Waals surface area (Å²) in [5.41, 5.74) is -0.140. The molecule has 1 rings (SSSR count). The molecule has 1 N–H and O–H groups in total. The van der Waals surface area contributed by atoms with Gasteiger partial charge in [0, 0.05) is 13.2 Å². The average Bonchev–Trinajstić information content (AvgIpc) is 2.20. The fourth-order valence-corrected chi connectivity index (χ4v) is 1.04. The Morgan fingerprint density at radius 1 is 1.60 bits per heavy atom. The summed E-state index contributed by atoms with van der Waals surface area (Å²) in [6.45, 7) is 0.583. The van der Waals surface area contributed by atoms with Crippen LogP contribution in [0.5, 0.6) is 5.88 Å². The van der Waals surface area contributed by atoms with E-state index in [1.807, 2.05) is 0 Å². The Balaban J connectivity index is 2.81. The van der Waals surface area contributed by atoms with Gasteiger partial charge >= 0.3 is 5.69 Å². The zero-order valence-corrected chi connectivity index (χ0v) is 8.77. The highest BCUT2D eigenvalue weighted by atomic mass is 35.5. The van der Waals surface area contributed by atoms with Gasteiger partial charge in [-0.05, 0) is 0 Å². The molecule has 0 aliphatic rings. The van der Waals surface area contributed by atoms with Gasteiger partial charge in [0.1, 0.15) is 6.61 Å².